The molecule has 0 radical (unpaired) electrons. The average Bonchev–Trinajstić information content (AvgIpc) is 2.81. The largest absolute Gasteiger partial charge is 0.301 e. The van der Waals surface area contributed by atoms with Crippen LogP contribution in [0.2, 0.25) is 0 Å². The molecule has 112 valence electrons. The van der Waals surface area contributed by atoms with E-state index in [4.69, 9.17) is 0 Å². The van der Waals surface area contributed by atoms with Crippen LogP contribution in [-0.4, -0.2) is 30.8 Å². The summed E-state index contributed by atoms with van der Waals surface area (Å²) in [6.07, 6.45) is 2.00. The lowest BCUT2D eigenvalue weighted by Crippen LogP contribution is -2.12. The number of benzene rings is 1. The minimum atomic E-state index is -3.18. The maximum absolute atomic E-state index is 11.8. The van der Waals surface area contributed by atoms with E-state index in [9.17, 15) is 13.2 Å². The van der Waals surface area contributed by atoms with E-state index in [0.717, 1.165) is 10.6 Å². The molecule has 0 atom stereocenters. The van der Waals surface area contributed by atoms with Crippen molar-refractivity contribution in [2.45, 2.75) is 24.7 Å². The topological polar surface area (TPSA) is 89.0 Å². The van der Waals surface area contributed by atoms with Gasteiger partial charge in [-0.25, -0.2) is 8.42 Å². The van der Waals surface area contributed by atoms with Crippen molar-refractivity contribution in [3.63, 3.8) is 0 Å². The summed E-state index contributed by atoms with van der Waals surface area (Å²) in [5.74, 6) is -0.140. The predicted molar refractivity (Wildman–Crippen MR) is 81.1 cm³/mol. The van der Waals surface area contributed by atoms with Gasteiger partial charge in [-0.2, -0.15) is 0 Å². The molecule has 0 saturated carbocycles. The van der Waals surface area contributed by atoms with Gasteiger partial charge in [-0.15, -0.1) is 10.2 Å². The normalized spacial score (nSPS) is 11.3. The minimum Gasteiger partial charge on any atom is -0.301 e. The molecule has 0 spiro atoms. The zero-order valence-electron chi connectivity index (χ0n) is 11.7. The van der Waals surface area contributed by atoms with Crippen LogP contribution in [0.5, 0.6) is 0 Å². The van der Waals surface area contributed by atoms with Crippen LogP contribution in [-0.2, 0) is 21.1 Å². The van der Waals surface area contributed by atoms with Gasteiger partial charge in [0.25, 0.3) is 0 Å². The van der Waals surface area contributed by atoms with Gasteiger partial charge >= 0.3 is 0 Å². The van der Waals surface area contributed by atoms with E-state index in [1.165, 1.54) is 17.6 Å². The van der Waals surface area contributed by atoms with E-state index in [0.29, 0.717) is 18.0 Å². The van der Waals surface area contributed by atoms with Gasteiger partial charge in [0.2, 0.25) is 11.0 Å². The van der Waals surface area contributed by atoms with Crippen LogP contribution < -0.4 is 5.32 Å². The first-order valence-corrected chi connectivity index (χ1v) is 8.94. The van der Waals surface area contributed by atoms with Gasteiger partial charge in [-0.3, -0.25) is 4.79 Å². The maximum atomic E-state index is 11.8. The second-order valence-electron chi connectivity index (χ2n) is 4.59. The van der Waals surface area contributed by atoms with Crippen LogP contribution in [0.4, 0.5) is 5.13 Å². The summed E-state index contributed by atoms with van der Waals surface area (Å²) in [6.45, 7) is 1.82. The third kappa shape index (κ3) is 4.61. The Morgan fingerprint density at radius 1 is 1.24 bits per heavy atom. The maximum Gasteiger partial charge on any atom is 0.226 e. The van der Waals surface area contributed by atoms with E-state index in [1.807, 2.05) is 6.92 Å². The smallest absolute Gasteiger partial charge is 0.226 e. The Balaban J connectivity index is 1.89. The first-order chi connectivity index (χ1) is 9.84. The van der Waals surface area contributed by atoms with Gasteiger partial charge in [-0.1, -0.05) is 23.5 Å². The number of sulfone groups is 1. The van der Waals surface area contributed by atoms with Crippen LogP contribution in [0.3, 0.4) is 0 Å². The van der Waals surface area contributed by atoms with E-state index < -0.39 is 9.84 Å². The molecule has 1 aromatic heterocycles. The fraction of sp³-hybridized carbons (Fsp3) is 0.308. The molecule has 0 aliphatic heterocycles. The number of hydrogen-bond donors (Lipinski definition) is 1. The molecule has 21 heavy (non-hydrogen) atoms. The van der Waals surface area contributed by atoms with Crippen molar-refractivity contribution in [1.29, 1.82) is 0 Å². The Morgan fingerprint density at radius 2 is 1.90 bits per heavy atom. The van der Waals surface area contributed by atoms with Gasteiger partial charge in [0.1, 0.15) is 5.01 Å². The van der Waals surface area contributed by atoms with Crippen LogP contribution >= 0.6 is 11.3 Å². The molecule has 0 unspecified atom stereocenters. The fourth-order valence-corrected chi connectivity index (χ4v) is 2.93. The SMILES string of the molecule is Cc1nnc(NC(=O)CCc2ccc(S(C)(=O)=O)cc2)s1. The van der Waals surface area contributed by atoms with E-state index in [-0.39, 0.29) is 10.8 Å². The Hall–Kier alpha value is -1.80. The molecule has 0 aliphatic rings. The van der Waals surface area contributed by atoms with Crippen LogP contribution in [0.15, 0.2) is 29.2 Å². The lowest BCUT2D eigenvalue weighted by molar-refractivity contribution is -0.116. The first kappa shape index (κ1) is 15.6. The molecule has 1 heterocycles. The quantitative estimate of drug-likeness (QED) is 0.906. The molecule has 6 nitrogen and oxygen atoms in total. The minimum absolute atomic E-state index is 0.140. The Kier molecular flexibility index (Phi) is 4.69. The third-order valence-electron chi connectivity index (χ3n) is 2.76. The number of aromatic nitrogens is 2. The fourth-order valence-electron chi connectivity index (χ4n) is 1.69. The van der Waals surface area contributed by atoms with E-state index in [2.05, 4.69) is 15.5 Å². The summed E-state index contributed by atoms with van der Waals surface area (Å²) in [7, 11) is -3.18. The van der Waals surface area contributed by atoms with Crippen molar-refractivity contribution in [2.75, 3.05) is 11.6 Å². The van der Waals surface area contributed by atoms with Gasteiger partial charge in [-0.05, 0) is 31.0 Å². The highest BCUT2D eigenvalue weighted by Gasteiger charge is 2.08. The molecule has 2 rings (SSSR count). The summed E-state index contributed by atoms with van der Waals surface area (Å²) in [4.78, 5) is 12.0. The highest BCUT2D eigenvalue weighted by Crippen LogP contribution is 2.15. The number of nitrogens with zero attached hydrogens (tertiary/aromatic N) is 2. The molecule has 0 fully saturated rings. The van der Waals surface area contributed by atoms with Gasteiger partial charge in [0.05, 0.1) is 4.90 Å². The monoisotopic (exact) mass is 325 g/mol. The first-order valence-electron chi connectivity index (χ1n) is 6.23. The Bertz CT molecular complexity index is 736. The van der Waals surface area contributed by atoms with Crippen molar-refractivity contribution >= 4 is 32.2 Å². The lowest BCUT2D eigenvalue weighted by Gasteiger charge is -2.03. The third-order valence-corrected chi connectivity index (χ3v) is 4.65. The van der Waals surface area contributed by atoms with Crippen molar-refractivity contribution in [3.8, 4) is 0 Å². The molecule has 0 aliphatic carbocycles. The summed E-state index contributed by atoms with van der Waals surface area (Å²) < 4.78 is 22.7. The summed E-state index contributed by atoms with van der Waals surface area (Å²) in [5, 5.41) is 11.6. The van der Waals surface area contributed by atoms with Crippen LogP contribution in [0.1, 0.15) is 17.0 Å². The number of carbonyl (C=O) groups is 1. The molecule has 8 heteroatoms. The Labute approximate surface area is 127 Å². The molecule has 0 saturated heterocycles. The summed E-state index contributed by atoms with van der Waals surface area (Å²) in [5.41, 5.74) is 0.908. The molecule has 1 N–H and O–H groups in total. The van der Waals surface area contributed by atoms with Crippen LogP contribution in [0, 0.1) is 6.92 Å². The zero-order valence-corrected chi connectivity index (χ0v) is 13.3. The predicted octanol–water partition coefficient (Wildman–Crippen LogP) is 1.82. The standard InChI is InChI=1S/C13H15N3O3S2/c1-9-15-16-13(20-9)14-12(17)8-5-10-3-6-11(7-4-10)21(2,18)19/h3-4,6-7H,5,8H2,1-2H3,(H,14,16,17). The number of rotatable bonds is 5. The highest BCUT2D eigenvalue weighted by molar-refractivity contribution is 7.90. The number of carbonyl (C=O) groups excluding carboxylic acids is 1. The van der Waals surface area contributed by atoms with Gasteiger partial charge < -0.3 is 5.32 Å². The molecular weight excluding hydrogens is 310 g/mol. The second-order valence-corrected chi connectivity index (χ2v) is 7.79. The van der Waals surface area contributed by atoms with Crippen molar-refractivity contribution in [3.05, 3.63) is 34.8 Å². The molecule has 0 bridgehead atoms. The summed E-state index contributed by atoms with van der Waals surface area (Å²) in [6, 6.07) is 6.55. The molecular formula is C13H15N3O3S2. The molecule has 1 aromatic carbocycles. The number of anilines is 1. The molecule has 2 aromatic rings. The van der Waals surface area contributed by atoms with E-state index in [1.54, 1.807) is 24.3 Å². The number of nitrogens with one attached hydrogen (secondary N) is 1. The summed E-state index contributed by atoms with van der Waals surface area (Å²) >= 11 is 1.32. The zero-order chi connectivity index (χ0) is 15.5. The lowest BCUT2D eigenvalue weighted by atomic mass is 10.1. The average molecular weight is 325 g/mol. The van der Waals surface area contributed by atoms with Crippen molar-refractivity contribution in [1.82, 2.24) is 10.2 Å². The second kappa shape index (κ2) is 6.31. The van der Waals surface area contributed by atoms with E-state index >= 15 is 0 Å². The number of amides is 1. The van der Waals surface area contributed by atoms with Crippen molar-refractivity contribution < 1.29 is 13.2 Å². The van der Waals surface area contributed by atoms with Crippen molar-refractivity contribution in [2.24, 2.45) is 0 Å². The van der Waals surface area contributed by atoms with Crippen LogP contribution in [0.25, 0.3) is 0 Å². The van der Waals surface area contributed by atoms with Gasteiger partial charge in [0, 0.05) is 12.7 Å². The molecule has 1 amide bonds. The Morgan fingerprint density at radius 3 is 2.43 bits per heavy atom. The number of aryl methyl sites for hydroxylation is 2. The highest BCUT2D eigenvalue weighted by atomic mass is 32.2. The van der Waals surface area contributed by atoms with Gasteiger partial charge in [0.15, 0.2) is 9.84 Å². The number of hydrogen-bond acceptors (Lipinski definition) is 6.